The molecule has 0 aromatic heterocycles. The van der Waals surface area contributed by atoms with Crippen molar-refractivity contribution in [3.63, 3.8) is 0 Å². The number of anilines is 1. The van der Waals surface area contributed by atoms with Crippen molar-refractivity contribution in [1.29, 1.82) is 0 Å². The van der Waals surface area contributed by atoms with Gasteiger partial charge in [-0.05, 0) is 74.6 Å². The lowest BCUT2D eigenvalue weighted by molar-refractivity contribution is -0.138. The summed E-state index contributed by atoms with van der Waals surface area (Å²) in [6.45, 7) is 0. The number of primary amides is 1. The van der Waals surface area contributed by atoms with Gasteiger partial charge in [0.15, 0.2) is 0 Å². The predicted molar refractivity (Wildman–Crippen MR) is 92.4 cm³/mol. The van der Waals surface area contributed by atoms with E-state index in [-0.39, 0.29) is 15.6 Å². The van der Waals surface area contributed by atoms with Gasteiger partial charge in [-0.2, -0.15) is 0 Å². The van der Waals surface area contributed by atoms with Gasteiger partial charge in [-0.1, -0.05) is 15.9 Å². The smallest absolute Gasteiger partial charge is 0.248 e. The molecule has 23 heavy (non-hydrogen) atoms. The molecule has 4 fully saturated rings. The molecule has 4 aliphatic rings. The van der Waals surface area contributed by atoms with Crippen molar-refractivity contribution in [1.82, 2.24) is 0 Å². The molecule has 0 aliphatic heterocycles. The molecule has 122 valence electrons. The lowest BCUT2D eigenvalue weighted by atomic mass is 9.49. The number of hydrogen-bond acceptors (Lipinski definition) is 2. The Balaban J connectivity index is 1.54. The Morgan fingerprint density at radius 2 is 1.70 bits per heavy atom. The van der Waals surface area contributed by atoms with Crippen molar-refractivity contribution in [3.8, 4) is 0 Å². The minimum atomic E-state index is -0.454. The third-order valence-electron chi connectivity index (χ3n) is 5.90. The van der Waals surface area contributed by atoms with Gasteiger partial charge in [0.25, 0.3) is 0 Å². The average molecular weight is 377 g/mol. The van der Waals surface area contributed by atoms with Crippen LogP contribution in [0.2, 0.25) is 0 Å². The minimum absolute atomic E-state index is 0.141. The van der Waals surface area contributed by atoms with Crippen molar-refractivity contribution in [3.05, 3.63) is 29.8 Å². The zero-order valence-electron chi connectivity index (χ0n) is 13.0. The highest BCUT2D eigenvalue weighted by atomic mass is 79.9. The quantitative estimate of drug-likeness (QED) is 0.792. The number of carbonyl (C=O) groups excluding carboxylic acids is 2. The van der Waals surface area contributed by atoms with Crippen LogP contribution in [-0.4, -0.2) is 16.1 Å². The van der Waals surface area contributed by atoms with E-state index in [0.29, 0.717) is 17.4 Å². The summed E-state index contributed by atoms with van der Waals surface area (Å²) in [6, 6.07) is 6.82. The standard InChI is InChI=1S/C18H21BrN2O2/c19-18-8-11-5-12(9-18)7-17(6-11,10-18)16(23)21-14-3-1-13(2-4-14)15(20)22/h1-4,11-12H,5-10H2,(H2,20,22)(H,21,23)/t11-,12+,17?,18?. The molecule has 4 atom stereocenters. The SMILES string of the molecule is NC(=O)c1ccc(NC(=O)C23C[C@@H]4C[C@@H](CC(Br)(C4)C2)C3)cc1. The number of alkyl halides is 1. The fraction of sp³-hybridized carbons (Fsp3) is 0.556. The van der Waals surface area contributed by atoms with Crippen LogP contribution >= 0.6 is 15.9 Å². The van der Waals surface area contributed by atoms with Crippen LogP contribution in [0.1, 0.15) is 48.9 Å². The summed E-state index contributed by atoms with van der Waals surface area (Å²) < 4.78 is 0.171. The van der Waals surface area contributed by atoms with E-state index in [1.165, 1.54) is 19.3 Å². The maximum absolute atomic E-state index is 13.0. The van der Waals surface area contributed by atoms with Crippen molar-refractivity contribution < 1.29 is 9.59 Å². The van der Waals surface area contributed by atoms with Crippen LogP contribution in [0.4, 0.5) is 5.69 Å². The Morgan fingerprint density at radius 3 is 2.22 bits per heavy atom. The minimum Gasteiger partial charge on any atom is -0.366 e. The molecular formula is C18H21BrN2O2. The molecule has 0 spiro atoms. The van der Waals surface area contributed by atoms with Crippen LogP contribution in [0.5, 0.6) is 0 Å². The lowest BCUT2D eigenvalue weighted by Crippen LogP contribution is -2.57. The summed E-state index contributed by atoms with van der Waals surface area (Å²) in [6.07, 6.45) is 6.69. The largest absolute Gasteiger partial charge is 0.366 e. The fourth-order valence-corrected chi connectivity index (χ4v) is 6.85. The van der Waals surface area contributed by atoms with E-state index in [0.717, 1.165) is 24.9 Å². The average Bonchev–Trinajstić information content (AvgIpc) is 2.45. The molecule has 0 saturated heterocycles. The predicted octanol–water partition coefficient (Wildman–Crippen LogP) is 3.46. The summed E-state index contributed by atoms with van der Waals surface area (Å²) >= 11 is 3.94. The summed E-state index contributed by atoms with van der Waals surface area (Å²) in [4.78, 5) is 24.1. The van der Waals surface area contributed by atoms with Crippen molar-refractivity contribution >= 4 is 33.4 Å². The normalized spacial score (nSPS) is 37.6. The molecule has 4 saturated carbocycles. The van der Waals surface area contributed by atoms with E-state index in [9.17, 15) is 9.59 Å². The number of halogens is 1. The Kier molecular flexibility index (Phi) is 3.34. The van der Waals surface area contributed by atoms with E-state index in [2.05, 4.69) is 21.2 Å². The van der Waals surface area contributed by atoms with Crippen molar-refractivity contribution in [2.75, 3.05) is 5.32 Å². The highest BCUT2D eigenvalue weighted by Gasteiger charge is 2.59. The van der Waals surface area contributed by atoms with E-state index in [1.54, 1.807) is 24.3 Å². The van der Waals surface area contributed by atoms with Gasteiger partial charge >= 0.3 is 0 Å². The van der Waals surface area contributed by atoms with Gasteiger partial charge in [-0.3, -0.25) is 9.59 Å². The molecule has 4 bridgehead atoms. The van der Waals surface area contributed by atoms with Crippen molar-refractivity contribution in [2.24, 2.45) is 23.0 Å². The summed E-state index contributed by atoms with van der Waals surface area (Å²) in [5, 5.41) is 3.07. The van der Waals surface area contributed by atoms with Gasteiger partial charge in [0.1, 0.15) is 0 Å². The van der Waals surface area contributed by atoms with E-state index in [4.69, 9.17) is 5.73 Å². The first-order valence-corrected chi connectivity index (χ1v) is 9.07. The van der Waals surface area contributed by atoms with Gasteiger partial charge in [0, 0.05) is 15.6 Å². The molecule has 4 nitrogen and oxygen atoms in total. The van der Waals surface area contributed by atoms with Crippen LogP contribution < -0.4 is 11.1 Å². The second-order valence-corrected chi connectivity index (χ2v) is 9.47. The van der Waals surface area contributed by atoms with Crippen LogP contribution in [-0.2, 0) is 4.79 Å². The van der Waals surface area contributed by atoms with Gasteiger partial charge in [-0.15, -0.1) is 0 Å². The number of hydrogen-bond donors (Lipinski definition) is 2. The molecule has 5 rings (SSSR count). The number of carbonyl (C=O) groups is 2. The Labute approximate surface area is 144 Å². The first kappa shape index (κ1) is 15.2. The lowest BCUT2D eigenvalue weighted by Gasteiger charge is -2.59. The summed E-state index contributed by atoms with van der Waals surface area (Å²) in [5.41, 5.74) is 6.22. The van der Waals surface area contributed by atoms with E-state index in [1.807, 2.05) is 0 Å². The molecule has 1 aromatic rings. The highest BCUT2D eigenvalue weighted by molar-refractivity contribution is 9.10. The van der Waals surface area contributed by atoms with Crippen molar-refractivity contribution in [2.45, 2.75) is 42.8 Å². The molecule has 4 aliphatic carbocycles. The molecule has 2 amide bonds. The van der Waals surface area contributed by atoms with Crippen LogP contribution in [0.15, 0.2) is 24.3 Å². The number of rotatable bonds is 3. The molecule has 3 N–H and O–H groups in total. The van der Waals surface area contributed by atoms with E-state index < -0.39 is 5.91 Å². The first-order chi connectivity index (χ1) is 10.9. The second-order valence-electron chi connectivity index (χ2n) is 7.79. The maximum atomic E-state index is 13.0. The molecule has 5 heteroatoms. The zero-order valence-corrected chi connectivity index (χ0v) is 14.6. The Hall–Kier alpha value is -1.36. The maximum Gasteiger partial charge on any atom is 0.248 e. The highest BCUT2D eigenvalue weighted by Crippen LogP contribution is 2.64. The second kappa shape index (κ2) is 5.07. The Morgan fingerprint density at radius 1 is 1.09 bits per heavy atom. The Bertz CT molecular complexity index is 656. The van der Waals surface area contributed by atoms with E-state index >= 15 is 0 Å². The molecule has 0 radical (unpaired) electrons. The van der Waals surface area contributed by atoms with Gasteiger partial charge in [-0.25, -0.2) is 0 Å². The van der Waals surface area contributed by atoms with Crippen LogP contribution in [0.25, 0.3) is 0 Å². The monoisotopic (exact) mass is 376 g/mol. The fourth-order valence-electron chi connectivity index (χ4n) is 5.40. The molecule has 1 aromatic carbocycles. The molecule has 0 heterocycles. The van der Waals surface area contributed by atoms with Crippen LogP contribution in [0, 0.1) is 17.3 Å². The third-order valence-corrected chi connectivity index (χ3v) is 6.83. The number of amides is 2. The zero-order chi connectivity index (χ0) is 16.2. The van der Waals surface area contributed by atoms with Gasteiger partial charge in [0.05, 0.1) is 5.41 Å². The number of nitrogens with one attached hydrogen (secondary N) is 1. The first-order valence-electron chi connectivity index (χ1n) is 8.28. The number of nitrogens with two attached hydrogens (primary N) is 1. The number of benzene rings is 1. The summed E-state index contributed by atoms with van der Waals surface area (Å²) in [5.74, 6) is 1.05. The third kappa shape index (κ3) is 2.59. The topological polar surface area (TPSA) is 72.2 Å². The molecule has 2 unspecified atom stereocenters. The summed E-state index contributed by atoms with van der Waals surface area (Å²) in [7, 11) is 0. The van der Waals surface area contributed by atoms with Crippen LogP contribution in [0.3, 0.4) is 0 Å². The molecular weight excluding hydrogens is 356 g/mol. The van der Waals surface area contributed by atoms with Gasteiger partial charge in [0.2, 0.25) is 11.8 Å². The van der Waals surface area contributed by atoms with Gasteiger partial charge < -0.3 is 11.1 Å².